The molecule has 1 aromatic rings. The molecule has 0 fully saturated rings. The molecular weight excluding hydrogens is 314 g/mol. The first-order valence-electron chi connectivity index (χ1n) is 6.28. The van der Waals surface area contributed by atoms with Gasteiger partial charge in [-0.1, -0.05) is 11.6 Å². The van der Waals surface area contributed by atoms with Crippen LogP contribution in [0.1, 0.15) is 30.6 Å². The van der Waals surface area contributed by atoms with E-state index in [1.165, 1.54) is 12.1 Å². The summed E-state index contributed by atoms with van der Waals surface area (Å²) in [5, 5.41) is 14.4. The van der Waals surface area contributed by atoms with Crippen molar-refractivity contribution in [3.8, 4) is 0 Å². The molecule has 22 heavy (non-hydrogen) atoms. The van der Waals surface area contributed by atoms with Crippen molar-refractivity contribution in [2.45, 2.75) is 20.3 Å². The van der Waals surface area contributed by atoms with Gasteiger partial charge in [0.05, 0.1) is 18.0 Å². The third kappa shape index (κ3) is 5.13. The molecule has 0 radical (unpaired) electrons. The van der Waals surface area contributed by atoms with Gasteiger partial charge in [0.2, 0.25) is 0 Å². The molecule has 0 saturated carbocycles. The number of nitrogens with zero attached hydrogens (tertiary/aromatic N) is 2. The first kappa shape index (κ1) is 17.6. The van der Waals surface area contributed by atoms with E-state index in [2.05, 4.69) is 10.5 Å². The summed E-state index contributed by atoms with van der Waals surface area (Å²) in [5.41, 5.74) is 2.21. The Morgan fingerprint density at radius 3 is 2.73 bits per heavy atom. The van der Waals surface area contributed by atoms with Gasteiger partial charge in [0.25, 0.3) is 11.6 Å². The number of halogens is 1. The minimum atomic E-state index is -0.686. The van der Waals surface area contributed by atoms with Crippen LogP contribution < -0.4 is 5.43 Å². The number of nitrogens with one attached hydrogen (secondary N) is 1. The number of amides is 1. The fraction of sp³-hybridized carbons (Fsp3) is 0.308. The molecule has 0 spiro atoms. The largest absolute Gasteiger partial charge is 0.466 e. The molecule has 0 heterocycles. The maximum atomic E-state index is 11.8. The second-order valence-corrected chi connectivity index (χ2v) is 4.60. The van der Waals surface area contributed by atoms with Crippen molar-refractivity contribution in [3.63, 3.8) is 0 Å². The van der Waals surface area contributed by atoms with Gasteiger partial charge >= 0.3 is 5.97 Å². The Hall–Kier alpha value is -2.48. The number of hydrazone groups is 1. The van der Waals surface area contributed by atoms with Crippen LogP contribution in [0.3, 0.4) is 0 Å². The predicted octanol–water partition coefficient (Wildman–Crippen LogP) is 2.31. The molecule has 0 saturated heterocycles. The standard InChI is InChI=1S/C13H14ClN3O5/c1-3-22-12(18)6-8(2)15-16-13(19)9-4-5-10(14)11(7-9)17(20)21/h4-5,7H,3,6H2,1-2H3,(H,16,19). The van der Waals surface area contributed by atoms with Gasteiger partial charge in [0.1, 0.15) is 5.02 Å². The molecule has 0 bridgehead atoms. The van der Waals surface area contributed by atoms with Crippen molar-refractivity contribution in [2.24, 2.45) is 5.10 Å². The highest BCUT2D eigenvalue weighted by Crippen LogP contribution is 2.24. The number of rotatable bonds is 6. The van der Waals surface area contributed by atoms with E-state index in [1.807, 2.05) is 0 Å². The highest BCUT2D eigenvalue weighted by atomic mass is 35.5. The van der Waals surface area contributed by atoms with Crippen LogP contribution in [0.4, 0.5) is 5.69 Å². The quantitative estimate of drug-likeness (QED) is 0.373. The van der Waals surface area contributed by atoms with Gasteiger partial charge in [-0.05, 0) is 26.0 Å². The van der Waals surface area contributed by atoms with Gasteiger partial charge in [-0.2, -0.15) is 5.10 Å². The number of esters is 1. The Balaban J connectivity index is 2.75. The molecular formula is C13H14ClN3O5. The molecule has 1 rings (SSSR count). The first-order chi connectivity index (χ1) is 10.3. The molecule has 118 valence electrons. The number of nitro groups is 1. The lowest BCUT2D eigenvalue weighted by Crippen LogP contribution is -2.20. The summed E-state index contributed by atoms with van der Waals surface area (Å²) >= 11 is 5.66. The molecule has 0 aromatic heterocycles. The topological polar surface area (TPSA) is 111 Å². The zero-order valence-electron chi connectivity index (χ0n) is 12.0. The fourth-order valence-corrected chi connectivity index (χ4v) is 1.65. The van der Waals surface area contributed by atoms with E-state index < -0.39 is 16.8 Å². The summed E-state index contributed by atoms with van der Waals surface area (Å²) in [4.78, 5) is 33.1. The van der Waals surface area contributed by atoms with Gasteiger partial charge in [-0.3, -0.25) is 19.7 Å². The van der Waals surface area contributed by atoms with E-state index in [-0.39, 0.29) is 29.3 Å². The average molecular weight is 328 g/mol. The number of nitro benzene ring substituents is 1. The lowest BCUT2D eigenvalue weighted by molar-refractivity contribution is -0.384. The highest BCUT2D eigenvalue weighted by Gasteiger charge is 2.16. The smallest absolute Gasteiger partial charge is 0.311 e. The molecule has 9 heteroatoms. The van der Waals surface area contributed by atoms with E-state index >= 15 is 0 Å². The molecule has 0 unspecified atom stereocenters. The van der Waals surface area contributed by atoms with Gasteiger partial charge in [-0.25, -0.2) is 5.43 Å². The van der Waals surface area contributed by atoms with Crippen LogP contribution >= 0.6 is 11.6 Å². The number of carbonyl (C=O) groups excluding carboxylic acids is 2. The Morgan fingerprint density at radius 1 is 1.45 bits per heavy atom. The number of hydrogen-bond donors (Lipinski definition) is 1. The van der Waals surface area contributed by atoms with Crippen molar-refractivity contribution in [3.05, 3.63) is 38.9 Å². The minimum absolute atomic E-state index is 0.0313. The van der Waals surface area contributed by atoms with Gasteiger partial charge in [0, 0.05) is 17.3 Å². The summed E-state index contributed by atoms with van der Waals surface area (Å²) in [7, 11) is 0. The molecule has 1 aromatic carbocycles. The van der Waals surface area contributed by atoms with Gasteiger partial charge in [-0.15, -0.1) is 0 Å². The maximum Gasteiger partial charge on any atom is 0.311 e. The Morgan fingerprint density at radius 2 is 2.14 bits per heavy atom. The van der Waals surface area contributed by atoms with Crippen molar-refractivity contribution in [1.29, 1.82) is 0 Å². The molecule has 0 aliphatic heterocycles. The molecule has 0 aliphatic carbocycles. The third-order valence-electron chi connectivity index (χ3n) is 2.46. The Labute approximate surface area is 131 Å². The minimum Gasteiger partial charge on any atom is -0.466 e. The Kier molecular flexibility index (Phi) is 6.46. The molecule has 0 atom stereocenters. The van der Waals surface area contributed by atoms with E-state index in [1.54, 1.807) is 13.8 Å². The van der Waals surface area contributed by atoms with Gasteiger partial charge < -0.3 is 4.74 Å². The molecule has 1 amide bonds. The van der Waals surface area contributed by atoms with E-state index in [4.69, 9.17) is 16.3 Å². The van der Waals surface area contributed by atoms with Crippen molar-refractivity contribution in [2.75, 3.05) is 6.61 Å². The monoisotopic (exact) mass is 327 g/mol. The van der Waals surface area contributed by atoms with E-state index in [9.17, 15) is 19.7 Å². The second-order valence-electron chi connectivity index (χ2n) is 4.19. The van der Waals surface area contributed by atoms with Crippen LogP contribution in [-0.4, -0.2) is 29.1 Å². The van der Waals surface area contributed by atoms with Crippen molar-refractivity contribution < 1.29 is 19.2 Å². The van der Waals surface area contributed by atoms with Crippen LogP contribution in [0.25, 0.3) is 0 Å². The SMILES string of the molecule is CCOC(=O)CC(C)=NNC(=O)c1ccc(Cl)c([N+](=O)[O-])c1. The highest BCUT2D eigenvalue weighted by molar-refractivity contribution is 6.32. The van der Waals surface area contributed by atoms with Crippen LogP contribution in [-0.2, 0) is 9.53 Å². The van der Waals surface area contributed by atoms with Crippen LogP contribution in [0.2, 0.25) is 5.02 Å². The van der Waals surface area contributed by atoms with Crippen molar-refractivity contribution in [1.82, 2.24) is 5.43 Å². The zero-order valence-corrected chi connectivity index (χ0v) is 12.7. The number of ether oxygens (including phenoxy) is 1. The molecule has 0 aliphatic rings. The van der Waals surface area contributed by atoms with Crippen LogP contribution in [0.15, 0.2) is 23.3 Å². The number of benzene rings is 1. The predicted molar refractivity (Wildman–Crippen MR) is 79.9 cm³/mol. The second kappa shape index (κ2) is 8.08. The molecule has 1 N–H and O–H groups in total. The molecule has 8 nitrogen and oxygen atoms in total. The third-order valence-corrected chi connectivity index (χ3v) is 2.78. The lowest BCUT2D eigenvalue weighted by Gasteiger charge is -2.04. The lowest BCUT2D eigenvalue weighted by atomic mass is 10.2. The van der Waals surface area contributed by atoms with Crippen LogP contribution in [0, 0.1) is 10.1 Å². The van der Waals surface area contributed by atoms with Crippen LogP contribution in [0.5, 0.6) is 0 Å². The van der Waals surface area contributed by atoms with E-state index in [0.717, 1.165) is 6.07 Å². The van der Waals surface area contributed by atoms with E-state index in [0.29, 0.717) is 5.71 Å². The normalized spacial score (nSPS) is 11.0. The summed E-state index contributed by atoms with van der Waals surface area (Å²) in [5.74, 6) is -1.11. The number of hydrogen-bond acceptors (Lipinski definition) is 6. The Bertz CT molecular complexity index is 630. The summed E-state index contributed by atoms with van der Waals surface area (Å²) in [6.45, 7) is 3.48. The summed E-state index contributed by atoms with van der Waals surface area (Å²) in [6, 6.07) is 3.64. The zero-order chi connectivity index (χ0) is 16.7. The summed E-state index contributed by atoms with van der Waals surface area (Å²) in [6.07, 6.45) is -0.0606. The van der Waals surface area contributed by atoms with Gasteiger partial charge in [0.15, 0.2) is 0 Å². The number of carbonyl (C=O) groups is 2. The average Bonchev–Trinajstić information content (AvgIpc) is 2.45. The van der Waals surface area contributed by atoms with Crippen molar-refractivity contribution >= 4 is 34.9 Å². The maximum absolute atomic E-state index is 11.8. The first-order valence-corrected chi connectivity index (χ1v) is 6.66. The summed E-state index contributed by atoms with van der Waals surface area (Å²) < 4.78 is 4.74. The fourth-order valence-electron chi connectivity index (χ4n) is 1.47.